The predicted octanol–water partition coefficient (Wildman–Crippen LogP) is 4.66. The molecule has 2 aromatic carbocycles. The highest BCUT2D eigenvalue weighted by Crippen LogP contribution is 2.25. The zero-order valence-corrected chi connectivity index (χ0v) is 13.6. The molecular formula is C15H12BrFN2OS. The molecule has 108 valence electrons. The number of fused-ring (bicyclic) bond motifs is 1. The topological polar surface area (TPSA) is 29.9 Å². The number of H-pyrrole nitrogens is 1. The SMILES string of the molecule is COc1ccccc1Cn1c(=S)[nH]c2cc(F)c(Br)cc21. The van der Waals surface area contributed by atoms with Gasteiger partial charge < -0.3 is 14.3 Å². The number of rotatable bonds is 3. The van der Waals surface area contributed by atoms with Crippen molar-refractivity contribution >= 4 is 39.2 Å². The van der Waals surface area contributed by atoms with Gasteiger partial charge in [0.05, 0.1) is 29.2 Å². The van der Waals surface area contributed by atoms with Crippen LogP contribution in [0.2, 0.25) is 0 Å². The zero-order valence-electron chi connectivity index (χ0n) is 11.2. The van der Waals surface area contributed by atoms with Gasteiger partial charge in [-0.05, 0) is 40.3 Å². The van der Waals surface area contributed by atoms with E-state index >= 15 is 0 Å². The van der Waals surface area contributed by atoms with Crippen LogP contribution in [0.25, 0.3) is 11.0 Å². The first-order chi connectivity index (χ1) is 10.1. The molecule has 21 heavy (non-hydrogen) atoms. The minimum absolute atomic E-state index is 0.316. The Morgan fingerprint density at radius 3 is 2.86 bits per heavy atom. The van der Waals surface area contributed by atoms with Crippen molar-refractivity contribution in [3.8, 4) is 5.75 Å². The molecule has 0 aliphatic heterocycles. The summed E-state index contributed by atoms with van der Waals surface area (Å²) in [5, 5.41) is 0. The smallest absolute Gasteiger partial charge is 0.178 e. The fraction of sp³-hybridized carbons (Fsp3) is 0.133. The minimum atomic E-state index is -0.316. The third-order valence-electron chi connectivity index (χ3n) is 3.34. The third kappa shape index (κ3) is 2.61. The molecule has 1 heterocycles. The van der Waals surface area contributed by atoms with Crippen LogP contribution >= 0.6 is 28.1 Å². The van der Waals surface area contributed by atoms with Gasteiger partial charge in [-0.25, -0.2) is 4.39 Å². The molecule has 0 aliphatic rings. The quantitative estimate of drug-likeness (QED) is 0.683. The predicted molar refractivity (Wildman–Crippen MR) is 86.9 cm³/mol. The first-order valence-corrected chi connectivity index (χ1v) is 7.49. The molecule has 3 rings (SSSR count). The molecule has 1 N–H and O–H groups in total. The highest BCUT2D eigenvalue weighted by molar-refractivity contribution is 9.10. The number of aromatic amines is 1. The summed E-state index contributed by atoms with van der Waals surface area (Å²) in [4.78, 5) is 3.03. The molecule has 0 spiro atoms. The normalized spacial score (nSPS) is 11.0. The second-order valence-electron chi connectivity index (χ2n) is 4.61. The summed E-state index contributed by atoms with van der Waals surface area (Å²) in [5.74, 6) is 0.484. The van der Waals surface area contributed by atoms with Crippen LogP contribution in [0.15, 0.2) is 40.9 Å². The number of aromatic nitrogens is 2. The average molecular weight is 367 g/mol. The second kappa shape index (κ2) is 5.61. The maximum Gasteiger partial charge on any atom is 0.178 e. The molecule has 6 heteroatoms. The molecule has 0 atom stereocenters. The lowest BCUT2D eigenvalue weighted by atomic mass is 10.2. The van der Waals surface area contributed by atoms with Crippen LogP contribution in [0.4, 0.5) is 4.39 Å². The van der Waals surface area contributed by atoms with Crippen molar-refractivity contribution in [2.75, 3.05) is 7.11 Å². The van der Waals surface area contributed by atoms with Crippen molar-refractivity contribution in [3.63, 3.8) is 0 Å². The number of hydrogen-bond acceptors (Lipinski definition) is 2. The lowest BCUT2D eigenvalue weighted by Crippen LogP contribution is -2.02. The molecule has 0 radical (unpaired) electrons. The fourth-order valence-electron chi connectivity index (χ4n) is 2.31. The van der Waals surface area contributed by atoms with Crippen LogP contribution in [-0.4, -0.2) is 16.7 Å². The first-order valence-electron chi connectivity index (χ1n) is 6.29. The summed E-state index contributed by atoms with van der Waals surface area (Å²) in [6.45, 7) is 0.556. The van der Waals surface area contributed by atoms with Crippen molar-refractivity contribution in [3.05, 3.63) is 57.0 Å². The number of nitrogens with zero attached hydrogens (tertiary/aromatic N) is 1. The van der Waals surface area contributed by atoms with E-state index in [2.05, 4.69) is 20.9 Å². The van der Waals surface area contributed by atoms with Gasteiger partial charge in [-0.15, -0.1) is 0 Å². The van der Waals surface area contributed by atoms with Gasteiger partial charge in [0.25, 0.3) is 0 Å². The highest BCUT2D eigenvalue weighted by atomic mass is 79.9. The van der Waals surface area contributed by atoms with E-state index < -0.39 is 0 Å². The molecule has 3 nitrogen and oxygen atoms in total. The molecule has 0 amide bonds. The summed E-state index contributed by atoms with van der Waals surface area (Å²) in [6.07, 6.45) is 0. The van der Waals surface area contributed by atoms with Crippen LogP contribution in [0.1, 0.15) is 5.56 Å². The van der Waals surface area contributed by atoms with Crippen LogP contribution in [-0.2, 0) is 6.54 Å². The van der Waals surface area contributed by atoms with E-state index in [1.54, 1.807) is 13.2 Å². The molecule has 3 aromatic rings. The monoisotopic (exact) mass is 366 g/mol. The number of hydrogen-bond donors (Lipinski definition) is 1. The molecule has 0 saturated carbocycles. The molecule has 0 saturated heterocycles. The van der Waals surface area contributed by atoms with Gasteiger partial charge >= 0.3 is 0 Å². The number of halogens is 2. The van der Waals surface area contributed by atoms with Gasteiger partial charge in [-0.1, -0.05) is 18.2 Å². The number of benzene rings is 2. The van der Waals surface area contributed by atoms with Gasteiger partial charge in [0, 0.05) is 11.6 Å². The Kier molecular flexibility index (Phi) is 3.82. The Balaban J connectivity index is 2.14. The van der Waals surface area contributed by atoms with Crippen LogP contribution < -0.4 is 4.74 Å². The Hall–Kier alpha value is -1.66. The third-order valence-corrected chi connectivity index (χ3v) is 4.27. The fourth-order valence-corrected chi connectivity index (χ4v) is 2.92. The van der Waals surface area contributed by atoms with Gasteiger partial charge in [-0.3, -0.25) is 0 Å². The Bertz CT molecular complexity index is 872. The van der Waals surface area contributed by atoms with Crippen molar-refractivity contribution < 1.29 is 9.13 Å². The minimum Gasteiger partial charge on any atom is -0.496 e. The Morgan fingerprint density at radius 2 is 2.10 bits per heavy atom. The standard InChI is InChI=1S/C15H12BrFN2OS/c1-20-14-5-3-2-4-9(14)8-19-13-6-10(16)11(17)7-12(13)18-15(19)21/h2-7H,8H2,1H3,(H,18,21). The van der Waals surface area contributed by atoms with E-state index in [0.29, 0.717) is 21.3 Å². The Morgan fingerprint density at radius 1 is 1.33 bits per heavy atom. The van der Waals surface area contributed by atoms with Crippen LogP contribution in [0, 0.1) is 10.6 Å². The largest absolute Gasteiger partial charge is 0.496 e. The van der Waals surface area contributed by atoms with Crippen molar-refractivity contribution in [2.45, 2.75) is 6.54 Å². The summed E-state index contributed by atoms with van der Waals surface area (Å²) >= 11 is 8.56. The highest BCUT2D eigenvalue weighted by Gasteiger charge is 2.11. The molecular weight excluding hydrogens is 355 g/mol. The lowest BCUT2D eigenvalue weighted by Gasteiger charge is -2.10. The Labute approximate surface area is 134 Å². The van der Waals surface area contributed by atoms with Crippen molar-refractivity contribution in [2.24, 2.45) is 0 Å². The number of para-hydroxylation sites is 1. The van der Waals surface area contributed by atoms with E-state index in [1.807, 2.05) is 28.8 Å². The molecule has 0 aliphatic carbocycles. The van der Waals surface area contributed by atoms with Crippen molar-refractivity contribution in [1.29, 1.82) is 0 Å². The number of methoxy groups -OCH3 is 1. The molecule has 0 bridgehead atoms. The van der Waals surface area contributed by atoms with Gasteiger partial charge in [0.15, 0.2) is 4.77 Å². The summed E-state index contributed by atoms with van der Waals surface area (Å²) in [5.41, 5.74) is 2.53. The maximum absolute atomic E-state index is 13.6. The van der Waals surface area contributed by atoms with Gasteiger partial charge in [0.2, 0.25) is 0 Å². The van der Waals surface area contributed by atoms with Gasteiger partial charge in [0.1, 0.15) is 11.6 Å². The number of nitrogens with one attached hydrogen (secondary N) is 1. The molecule has 0 unspecified atom stereocenters. The second-order valence-corrected chi connectivity index (χ2v) is 5.85. The van der Waals surface area contributed by atoms with E-state index in [9.17, 15) is 4.39 Å². The first kappa shape index (κ1) is 14.3. The lowest BCUT2D eigenvalue weighted by molar-refractivity contribution is 0.408. The van der Waals surface area contributed by atoms with Crippen LogP contribution in [0.5, 0.6) is 5.75 Å². The molecule has 0 fully saturated rings. The summed E-state index contributed by atoms with van der Waals surface area (Å²) < 4.78 is 21.9. The van der Waals surface area contributed by atoms with E-state index in [4.69, 9.17) is 17.0 Å². The number of imidazole rings is 1. The average Bonchev–Trinajstić information content (AvgIpc) is 2.76. The zero-order chi connectivity index (χ0) is 15.0. The number of ether oxygens (including phenoxy) is 1. The maximum atomic E-state index is 13.6. The summed E-state index contributed by atoms with van der Waals surface area (Å²) in [6, 6.07) is 10.9. The van der Waals surface area contributed by atoms with E-state index in [0.717, 1.165) is 16.8 Å². The molecule has 1 aromatic heterocycles. The van der Waals surface area contributed by atoms with E-state index in [-0.39, 0.29) is 5.82 Å². The van der Waals surface area contributed by atoms with Gasteiger partial charge in [-0.2, -0.15) is 0 Å². The summed E-state index contributed by atoms with van der Waals surface area (Å²) in [7, 11) is 1.64. The van der Waals surface area contributed by atoms with E-state index in [1.165, 1.54) is 6.07 Å². The van der Waals surface area contributed by atoms with Crippen LogP contribution in [0.3, 0.4) is 0 Å². The van der Waals surface area contributed by atoms with Crippen molar-refractivity contribution in [1.82, 2.24) is 9.55 Å².